The van der Waals surface area contributed by atoms with Gasteiger partial charge in [0.05, 0.1) is 13.2 Å². The minimum atomic E-state index is -0.295. The molecule has 2 heteroatoms. The molecule has 2 nitrogen and oxygen atoms in total. The predicted octanol–water partition coefficient (Wildman–Crippen LogP) is 3.99. The molecule has 1 aliphatic heterocycles. The lowest BCUT2D eigenvalue weighted by Crippen LogP contribution is -2.53. The van der Waals surface area contributed by atoms with Crippen LogP contribution >= 0.6 is 0 Å². The summed E-state index contributed by atoms with van der Waals surface area (Å²) < 4.78 is 12.3. The molecular weight excluding hydrogens is 212 g/mol. The van der Waals surface area contributed by atoms with Gasteiger partial charge in [-0.2, -0.15) is 0 Å². The van der Waals surface area contributed by atoms with E-state index in [2.05, 4.69) is 34.6 Å². The van der Waals surface area contributed by atoms with Gasteiger partial charge in [-0.05, 0) is 23.7 Å². The Morgan fingerprint density at radius 1 is 0.882 bits per heavy atom. The second-order valence-corrected chi connectivity index (χ2v) is 7.67. The molecule has 2 aliphatic rings. The highest BCUT2D eigenvalue weighted by Crippen LogP contribution is 2.52. The molecule has 1 saturated heterocycles. The van der Waals surface area contributed by atoms with Crippen molar-refractivity contribution in [1.82, 2.24) is 0 Å². The Balaban J connectivity index is 2.10. The third kappa shape index (κ3) is 3.03. The third-order valence-corrected chi connectivity index (χ3v) is 4.19. The van der Waals surface area contributed by atoms with E-state index in [1.165, 1.54) is 6.42 Å². The molecule has 0 amide bonds. The standard InChI is InChI=1S/C15H28O2/c1-6-12-7-16-15(17-8-12)10-13(2,3)9-14(4,5)11-15/h12H,6-11H2,1-5H3. The van der Waals surface area contributed by atoms with Gasteiger partial charge in [0.2, 0.25) is 0 Å². The first-order valence-corrected chi connectivity index (χ1v) is 7.04. The Morgan fingerprint density at radius 3 is 1.76 bits per heavy atom. The van der Waals surface area contributed by atoms with Crippen molar-refractivity contribution in [1.29, 1.82) is 0 Å². The van der Waals surface area contributed by atoms with Crippen LogP contribution in [0.25, 0.3) is 0 Å². The fourth-order valence-corrected chi connectivity index (χ4v) is 4.01. The summed E-state index contributed by atoms with van der Waals surface area (Å²) in [6, 6.07) is 0. The van der Waals surface area contributed by atoms with Crippen LogP contribution in [0, 0.1) is 16.7 Å². The second-order valence-electron chi connectivity index (χ2n) is 7.67. The average Bonchev–Trinajstić information content (AvgIpc) is 2.13. The number of hydrogen-bond donors (Lipinski definition) is 0. The van der Waals surface area contributed by atoms with Gasteiger partial charge in [-0.3, -0.25) is 0 Å². The monoisotopic (exact) mass is 240 g/mol. The maximum Gasteiger partial charge on any atom is 0.169 e. The van der Waals surface area contributed by atoms with E-state index in [1.54, 1.807) is 0 Å². The van der Waals surface area contributed by atoms with Crippen LogP contribution in [0.15, 0.2) is 0 Å². The first-order valence-electron chi connectivity index (χ1n) is 7.04. The first kappa shape index (κ1) is 13.4. The van der Waals surface area contributed by atoms with E-state index in [-0.39, 0.29) is 5.79 Å². The summed E-state index contributed by atoms with van der Waals surface area (Å²) in [7, 11) is 0. The molecule has 0 unspecified atom stereocenters. The lowest BCUT2D eigenvalue weighted by molar-refractivity contribution is -0.320. The van der Waals surface area contributed by atoms with Gasteiger partial charge in [0.25, 0.3) is 0 Å². The van der Waals surface area contributed by atoms with Gasteiger partial charge in [-0.15, -0.1) is 0 Å². The summed E-state index contributed by atoms with van der Waals surface area (Å²) in [4.78, 5) is 0. The van der Waals surface area contributed by atoms with Gasteiger partial charge < -0.3 is 9.47 Å². The molecule has 0 bridgehead atoms. The van der Waals surface area contributed by atoms with E-state index in [0.29, 0.717) is 16.7 Å². The second kappa shape index (κ2) is 4.24. The van der Waals surface area contributed by atoms with Crippen molar-refractivity contribution in [3.05, 3.63) is 0 Å². The largest absolute Gasteiger partial charge is 0.350 e. The van der Waals surface area contributed by atoms with Gasteiger partial charge in [0.1, 0.15) is 0 Å². The van der Waals surface area contributed by atoms with Crippen molar-refractivity contribution in [3.8, 4) is 0 Å². The Morgan fingerprint density at radius 2 is 1.35 bits per heavy atom. The molecule has 100 valence electrons. The lowest BCUT2D eigenvalue weighted by Gasteiger charge is -2.53. The number of ether oxygens (including phenoxy) is 2. The Labute approximate surface area is 106 Å². The van der Waals surface area contributed by atoms with Gasteiger partial charge in [0, 0.05) is 18.8 Å². The number of rotatable bonds is 1. The van der Waals surface area contributed by atoms with Crippen LogP contribution in [0.4, 0.5) is 0 Å². The minimum absolute atomic E-state index is 0.295. The highest BCUT2D eigenvalue weighted by molar-refractivity contribution is 4.95. The molecule has 1 heterocycles. The molecule has 0 aromatic carbocycles. The summed E-state index contributed by atoms with van der Waals surface area (Å²) in [6.45, 7) is 13.3. The summed E-state index contributed by atoms with van der Waals surface area (Å²) in [5.41, 5.74) is 0.640. The van der Waals surface area contributed by atoms with Crippen LogP contribution in [0.5, 0.6) is 0 Å². The Hall–Kier alpha value is -0.0800. The molecule has 0 aromatic heterocycles. The first-order chi connectivity index (χ1) is 7.76. The van der Waals surface area contributed by atoms with E-state index in [1.807, 2.05) is 0 Å². The van der Waals surface area contributed by atoms with Gasteiger partial charge >= 0.3 is 0 Å². The van der Waals surface area contributed by atoms with E-state index in [9.17, 15) is 0 Å². The van der Waals surface area contributed by atoms with Crippen molar-refractivity contribution >= 4 is 0 Å². The maximum atomic E-state index is 6.16. The number of hydrogen-bond acceptors (Lipinski definition) is 2. The molecule has 17 heavy (non-hydrogen) atoms. The molecular formula is C15H28O2. The summed E-state index contributed by atoms with van der Waals surface area (Å²) >= 11 is 0. The van der Waals surface area contributed by atoms with E-state index in [0.717, 1.165) is 32.5 Å². The highest BCUT2D eigenvalue weighted by atomic mass is 16.7. The molecule has 0 atom stereocenters. The maximum absolute atomic E-state index is 6.16. The van der Waals surface area contributed by atoms with Crippen LogP contribution in [0.1, 0.15) is 60.3 Å². The summed E-state index contributed by atoms with van der Waals surface area (Å²) in [5.74, 6) is 0.297. The van der Waals surface area contributed by atoms with Crippen LogP contribution in [0.2, 0.25) is 0 Å². The van der Waals surface area contributed by atoms with Crippen LogP contribution in [-0.2, 0) is 9.47 Å². The molecule has 0 N–H and O–H groups in total. The van der Waals surface area contributed by atoms with Crippen molar-refractivity contribution in [3.63, 3.8) is 0 Å². The van der Waals surface area contributed by atoms with Crippen LogP contribution < -0.4 is 0 Å². The van der Waals surface area contributed by atoms with Crippen molar-refractivity contribution in [2.24, 2.45) is 16.7 Å². The fourth-order valence-electron chi connectivity index (χ4n) is 4.01. The van der Waals surface area contributed by atoms with E-state index in [4.69, 9.17) is 9.47 Å². The molecule has 1 saturated carbocycles. The zero-order valence-corrected chi connectivity index (χ0v) is 12.1. The molecule has 0 aromatic rings. The highest BCUT2D eigenvalue weighted by Gasteiger charge is 2.50. The van der Waals surface area contributed by atoms with Crippen molar-refractivity contribution in [2.75, 3.05) is 13.2 Å². The Kier molecular flexibility index (Phi) is 3.33. The van der Waals surface area contributed by atoms with E-state index >= 15 is 0 Å². The zero-order chi connectivity index (χ0) is 12.7. The van der Waals surface area contributed by atoms with Crippen molar-refractivity contribution < 1.29 is 9.47 Å². The Bertz CT molecular complexity index is 255. The SMILES string of the molecule is CCC1COC2(CC(C)(C)CC(C)(C)C2)OC1. The summed E-state index contributed by atoms with van der Waals surface area (Å²) in [6.07, 6.45) is 4.49. The molecule has 2 rings (SSSR count). The predicted molar refractivity (Wildman–Crippen MR) is 69.8 cm³/mol. The molecule has 2 fully saturated rings. The van der Waals surface area contributed by atoms with Crippen LogP contribution in [-0.4, -0.2) is 19.0 Å². The van der Waals surface area contributed by atoms with E-state index < -0.39 is 0 Å². The quantitative estimate of drug-likeness (QED) is 0.690. The molecule has 0 radical (unpaired) electrons. The van der Waals surface area contributed by atoms with Crippen LogP contribution in [0.3, 0.4) is 0 Å². The normalized spacial score (nSPS) is 31.6. The van der Waals surface area contributed by atoms with Crippen molar-refractivity contribution in [2.45, 2.75) is 66.1 Å². The third-order valence-electron chi connectivity index (χ3n) is 4.19. The van der Waals surface area contributed by atoms with Gasteiger partial charge in [0.15, 0.2) is 5.79 Å². The zero-order valence-electron chi connectivity index (χ0n) is 12.1. The molecule has 1 spiro atoms. The smallest absolute Gasteiger partial charge is 0.169 e. The average molecular weight is 240 g/mol. The minimum Gasteiger partial charge on any atom is -0.350 e. The summed E-state index contributed by atoms with van der Waals surface area (Å²) in [5, 5.41) is 0. The lowest BCUT2D eigenvalue weighted by atomic mass is 9.63. The topological polar surface area (TPSA) is 18.5 Å². The molecule has 1 aliphatic carbocycles. The van der Waals surface area contributed by atoms with Gasteiger partial charge in [-0.25, -0.2) is 0 Å². The van der Waals surface area contributed by atoms with Gasteiger partial charge in [-0.1, -0.05) is 34.6 Å². The fraction of sp³-hybridized carbons (Fsp3) is 1.00.